The van der Waals surface area contributed by atoms with Crippen molar-refractivity contribution in [3.63, 3.8) is 0 Å². The Balaban J connectivity index is 1.78. The Labute approximate surface area is 130 Å². The summed E-state index contributed by atoms with van der Waals surface area (Å²) in [6.45, 7) is 0. The lowest BCUT2D eigenvalue weighted by molar-refractivity contribution is -0.137. The summed E-state index contributed by atoms with van der Waals surface area (Å²) in [5.41, 5.74) is 4.80. The van der Waals surface area contributed by atoms with Gasteiger partial charge in [0.05, 0.1) is 11.4 Å². The maximum absolute atomic E-state index is 10.5. The number of unbranched alkanes of at least 4 members (excludes halogenated alkanes) is 1. The van der Waals surface area contributed by atoms with Crippen LogP contribution in [-0.4, -0.2) is 20.9 Å². The van der Waals surface area contributed by atoms with Gasteiger partial charge in [-0.3, -0.25) is 4.79 Å². The number of fused-ring (bicyclic) bond motifs is 1. The molecule has 1 aliphatic carbocycles. The molecule has 4 heteroatoms. The zero-order valence-corrected chi connectivity index (χ0v) is 12.5. The second-order valence-electron chi connectivity index (χ2n) is 5.60. The van der Waals surface area contributed by atoms with E-state index in [2.05, 4.69) is 16.8 Å². The highest BCUT2D eigenvalue weighted by Gasteiger charge is 2.21. The molecule has 3 rings (SSSR count). The molecule has 1 heterocycles. The van der Waals surface area contributed by atoms with Crippen LogP contribution >= 0.6 is 0 Å². The van der Waals surface area contributed by atoms with E-state index in [9.17, 15) is 4.79 Å². The topological polar surface area (TPSA) is 55.1 Å². The lowest BCUT2D eigenvalue weighted by Crippen LogP contribution is -2.00. The molecule has 0 bridgehead atoms. The first-order chi connectivity index (χ1) is 10.8. The number of carboxylic acid groups (broad SMARTS) is 1. The van der Waals surface area contributed by atoms with Crippen molar-refractivity contribution in [1.29, 1.82) is 0 Å². The van der Waals surface area contributed by atoms with Crippen molar-refractivity contribution in [2.75, 3.05) is 0 Å². The van der Waals surface area contributed by atoms with Crippen LogP contribution in [-0.2, 0) is 17.6 Å². The van der Waals surface area contributed by atoms with Crippen LogP contribution in [0.3, 0.4) is 0 Å². The van der Waals surface area contributed by atoms with Gasteiger partial charge in [0.25, 0.3) is 0 Å². The number of aliphatic carboxylic acids is 1. The lowest BCUT2D eigenvalue weighted by atomic mass is 10.1. The summed E-state index contributed by atoms with van der Waals surface area (Å²) in [6.07, 6.45) is 9.10. The lowest BCUT2D eigenvalue weighted by Gasteiger charge is -2.04. The molecular formula is C18H20N2O2. The molecule has 0 spiro atoms. The molecule has 1 aromatic heterocycles. The molecule has 0 saturated heterocycles. The van der Waals surface area contributed by atoms with E-state index >= 15 is 0 Å². The summed E-state index contributed by atoms with van der Waals surface area (Å²) in [4.78, 5) is 10.5. The Morgan fingerprint density at radius 3 is 2.86 bits per heavy atom. The third-order valence-electron chi connectivity index (χ3n) is 4.00. The minimum Gasteiger partial charge on any atom is -0.481 e. The molecule has 4 nitrogen and oxygen atoms in total. The van der Waals surface area contributed by atoms with Gasteiger partial charge in [-0.25, -0.2) is 4.68 Å². The molecule has 2 aromatic rings. The van der Waals surface area contributed by atoms with E-state index in [1.54, 1.807) is 0 Å². The van der Waals surface area contributed by atoms with Crippen LogP contribution in [0, 0.1) is 0 Å². The molecule has 0 saturated carbocycles. The summed E-state index contributed by atoms with van der Waals surface area (Å²) < 4.78 is 2.05. The standard InChI is InChI=1S/C18H20N2O2/c21-18(22)13-6-2-5-11-16-15-10-7-12-17(15)20(19-16)14-8-3-1-4-9-14/h1,3-5,8-9,11H,2,6-7,10,12-13H2,(H,21,22). The molecule has 1 aromatic carbocycles. The Morgan fingerprint density at radius 2 is 2.09 bits per heavy atom. The summed E-state index contributed by atoms with van der Waals surface area (Å²) in [5, 5.41) is 13.4. The first-order valence-electron chi connectivity index (χ1n) is 7.80. The number of para-hydroxylation sites is 1. The van der Waals surface area contributed by atoms with Crippen molar-refractivity contribution in [1.82, 2.24) is 9.78 Å². The van der Waals surface area contributed by atoms with Crippen LogP contribution < -0.4 is 0 Å². The first kappa shape index (κ1) is 14.6. The van der Waals surface area contributed by atoms with Gasteiger partial charge in [0, 0.05) is 17.7 Å². The van der Waals surface area contributed by atoms with E-state index in [1.165, 1.54) is 17.7 Å². The van der Waals surface area contributed by atoms with Crippen molar-refractivity contribution < 1.29 is 9.90 Å². The fraction of sp³-hybridized carbons (Fsp3) is 0.333. The van der Waals surface area contributed by atoms with E-state index in [0.717, 1.165) is 30.6 Å². The Hall–Kier alpha value is -2.36. The third kappa shape index (κ3) is 3.11. The fourth-order valence-electron chi connectivity index (χ4n) is 2.95. The summed E-state index contributed by atoms with van der Waals surface area (Å²) in [7, 11) is 0. The Kier molecular flexibility index (Phi) is 4.37. The number of hydrogen-bond donors (Lipinski definition) is 1. The molecule has 22 heavy (non-hydrogen) atoms. The largest absolute Gasteiger partial charge is 0.481 e. The molecule has 0 radical (unpaired) electrons. The molecule has 0 amide bonds. The van der Waals surface area contributed by atoms with Crippen LogP contribution in [0.4, 0.5) is 0 Å². The van der Waals surface area contributed by atoms with Crippen molar-refractivity contribution in [3.8, 4) is 5.69 Å². The minimum atomic E-state index is -0.734. The monoisotopic (exact) mass is 296 g/mol. The van der Waals surface area contributed by atoms with Gasteiger partial charge < -0.3 is 5.11 Å². The van der Waals surface area contributed by atoms with Gasteiger partial charge in [-0.1, -0.05) is 24.3 Å². The summed E-state index contributed by atoms with van der Waals surface area (Å²) in [6, 6.07) is 10.2. The number of carboxylic acids is 1. The van der Waals surface area contributed by atoms with Gasteiger partial charge in [0.1, 0.15) is 0 Å². The van der Waals surface area contributed by atoms with Gasteiger partial charge in [0.15, 0.2) is 0 Å². The van der Waals surface area contributed by atoms with Crippen molar-refractivity contribution >= 4 is 12.0 Å². The van der Waals surface area contributed by atoms with Crippen molar-refractivity contribution in [2.24, 2.45) is 0 Å². The quantitative estimate of drug-likeness (QED) is 0.828. The predicted molar refractivity (Wildman–Crippen MR) is 86.1 cm³/mol. The second kappa shape index (κ2) is 6.60. The van der Waals surface area contributed by atoms with E-state index in [-0.39, 0.29) is 6.42 Å². The van der Waals surface area contributed by atoms with Crippen LogP contribution in [0.5, 0.6) is 0 Å². The fourth-order valence-corrected chi connectivity index (χ4v) is 2.95. The number of nitrogens with zero attached hydrogens (tertiary/aromatic N) is 2. The zero-order valence-electron chi connectivity index (χ0n) is 12.5. The second-order valence-corrected chi connectivity index (χ2v) is 5.60. The summed E-state index contributed by atoms with van der Waals surface area (Å²) >= 11 is 0. The van der Waals surface area contributed by atoms with E-state index in [4.69, 9.17) is 10.2 Å². The molecule has 0 aliphatic heterocycles. The van der Waals surface area contributed by atoms with Crippen LogP contribution in [0.1, 0.15) is 42.6 Å². The van der Waals surface area contributed by atoms with Crippen molar-refractivity contribution in [2.45, 2.75) is 38.5 Å². The molecule has 114 valence electrons. The number of allylic oxidation sites excluding steroid dienone is 1. The molecule has 0 unspecified atom stereocenters. The van der Waals surface area contributed by atoms with Gasteiger partial charge >= 0.3 is 5.97 Å². The Morgan fingerprint density at radius 1 is 1.27 bits per heavy atom. The molecule has 0 atom stereocenters. The average molecular weight is 296 g/mol. The van der Waals surface area contributed by atoms with E-state index in [0.29, 0.717) is 6.42 Å². The van der Waals surface area contributed by atoms with E-state index in [1.807, 2.05) is 30.4 Å². The Bertz CT molecular complexity index is 687. The van der Waals surface area contributed by atoms with E-state index < -0.39 is 5.97 Å². The predicted octanol–water partition coefficient (Wildman–Crippen LogP) is 3.63. The maximum atomic E-state index is 10.5. The molecule has 1 N–H and O–H groups in total. The molecule has 1 aliphatic rings. The highest BCUT2D eigenvalue weighted by atomic mass is 16.4. The zero-order chi connectivity index (χ0) is 15.4. The van der Waals surface area contributed by atoms with Crippen molar-refractivity contribution in [3.05, 3.63) is 53.4 Å². The molecule has 0 fully saturated rings. The summed E-state index contributed by atoms with van der Waals surface area (Å²) in [5.74, 6) is -0.734. The number of hydrogen-bond acceptors (Lipinski definition) is 2. The number of aromatic nitrogens is 2. The van der Waals surface area contributed by atoms with Gasteiger partial charge in [-0.15, -0.1) is 0 Å². The number of rotatable bonds is 6. The minimum absolute atomic E-state index is 0.223. The van der Waals surface area contributed by atoms with Gasteiger partial charge in [0.2, 0.25) is 0 Å². The average Bonchev–Trinajstić information content (AvgIpc) is 3.11. The highest BCUT2D eigenvalue weighted by Crippen LogP contribution is 2.28. The van der Waals surface area contributed by atoms with Gasteiger partial charge in [-0.2, -0.15) is 5.10 Å². The van der Waals surface area contributed by atoms with Crippen LogP contribution in [0.25, 0.3) is 11.8 Å². The first-order valence-corrected chi connectivity index (χ1v) is 7.80. The molecular weight excluding hydrogens is 276 g/mol. The maximum Gasteiger partial charge on any atom is 0.303 e. The SMILES string of the molecule is O=C(O)CCCC=Cc1nn(-c2ccccc2)c2c1CCC2. The third-order valence-corrected chi connectivity index (χ3v) is 4.00. The number of carbonyl (C=O) groups is 1. The highest BCUT2D eigenvalue weighted by molar-refractivity contribution is 5.66. The smallest absolute Gasteiger partial charge is 0.303 e. The van der Waals surface area contributed by atoms with Crippen LogP contribution in [0.15, 0.2) is 36.4 Å². The van der Waals surface area contributed by atoms with Gasteiger partial charge in [-0.05, 0) is 50.3 Å². The number of benzene rings is 1. The van der Waals surface area contributed by atoms with Crippen LogP contribution in [0.2, 0.25) is 0 Å². The normalized spacial score (nSPS) is 13.6.